The van der Waals surface area contributed by atoms with Crippen molar-refractivity contribution in [2.45, 2.75) is 27.4 Å². The molecule has 0 bridgehead atoms. The fraction of sp³-hybridized carbons (Fsp3) is 0.207. The first-order chi connectivity index (χ1) is 17.0. The van der Waals surface area contributed by atoms with E-state index in [1.807, 2.05) is 93.6 Å². The van der Waals surface area contributed by atoms with E-state index < -0.39 is 5.97 Å². The number of carbonyl (C=O) groups is 1. The molecule has 4 rings (SSSR count). The van der Waals surface area contributed by atoms with E-state index in [1.165, 1.54) is 0 Å². The summed E-state index contributed by atoms with van der Waals surface area (Å²) in [5, 5.41) is 1.07. The van der Waals surface area contributed by atoms with Crippen molar-refractivity contribution >= 4 is 33.0 Å². The predicted molar refractivity (Wildman–Crippen MR) is 140 cm³/mol. The average molecular weight is 486 g/mol. The van der Waals surface area contributed by atoms with Crippen LogP contribution in [0.4, 0.5) is 0 Å². The van der Waals surface area contributed by atoms with Crippen LogP contribution in [0.25, 0.3) is 10.9 Å². The number of rotatable bonds is 8. The van der Waals surface area contributed by atoms with Crippen molar-refractivity contribution in [2.24, 2.45) is 5.92 Å². The van der Waals surface area contributed by atoms with Crippen molar-refractivity contribution in [3.8, 4) is 5.75 Å². The molecule has 178 valence electrons. The van der Waals surface area contributed by atoms with Crippen molar-refractivity contribution in [3.05, 3.63) is 107 Å². The molecule has 0 saturated heterocycles. The lowest BCUT2D eigenvalue weighted by Gasteiger charge is -2.15. The molecule has 4 aromatic rings. The van der Waals surface area contributed by atoms with E-state index in [-0.39, 0.29) is 5.92 Å². The highest BCUT2D eigenvalue weighted by molar-refractivity contribution is 7.67. The Morgan fingerprint density at radius 3 is 2.57 bits per heavy atom. The van der Waals surface area contributed by atoms with Gasteiger partial charge >= 0.3 is 5.97 Å². The van der Waals surface area contributed by atoms with Gasteiger partial charge in [-0.25, -0.2) is 14.0 Å². The molecule has 0 atom stereocenters. The molecule has 0 aliphatic heterocycles. The van der Waals surface area contributed by atoms with Crippen LogP contribution in [0.3, 0.4) is 0 Å². The van der Waals surface area contributed by atoms with E-state index in [9.17, 15) is 9.00 Å². The van der Waals surface area contributed by atoms with Gasteiger partial charge in [-0.05, 0) is 48.2 Å². The van der Waals surface area contributed by atoms with E-state index in [2.05, 4.69) is 4.98 Å². The monoisotopic (exact) mass is 485 g/mol. The standard InChI is InChI=1S/C29H27NO4S/c1-19(2)17-34-29(31)27-20(3)8-6-12-25(27)28(35-32)22-10-7-11-24(16-22)33-18-23-15-14-21-9-4-5-13-26(21)30-23/h4-16,19H,17-18H2,1-3H3. The summed E-state index contributed by atoms with van der Waals surface area (Å²) in [4.78, 5) is 18.0. The van der Waals surface area contributed by atoms with Gasteiger partial charge in [-0.1, -0.05) is 68.4 Å². The van der Waals surface area contributed by atoms with Gasteiger partial charge in [0.2, 0.25) is 0 Å². The minimum absolute atomic E-state index is 0.217. The van der Waals surface area contributed by atoms with Crippen molar-refractivity contribution in [1.29, 1.82) is 0 Å². The number of esters is 1. The zero-order valence-electron chi connectivity index (χ0n) is 20.0. The molecule has 0 radical (unpaired) electrons. The SMILES string of the molecule is Cc1cccc(C(=S=O)c2cccc(OCc3ccc4ccccc4n3)c2)c1C(=O)OCC(C)C. The molecule has 0 aliphatic rings. The maximum atomic E-state index is 12.9. The number of para-hydroxylation sites is 1. The molecule has 6 heteroatoms. The Bertz CT molecular complexity index is 1420. The molecule has 0 unspecified atom stereocenters. The van der Waals surface area contributed by atoms with Gasteiger partial charge in [0.25, 0.3) is 0 Å². The maximum Gasteiger partial charge on any atom is 0.339 e. The lowest BCUT2D eigenvalue weighted by atomic mass is 9.96. The van der Waals surface area contributed by atoms with Crippen molar-refractivity contribution in [3.63, 3.8) is 0 Å². The molecular weight excluding hydrogens is 458 g/mol. The number of nitrogens with zero attached hydrogens (tertiary/aromatic N) is 1. The third kappa shape index (κ3) is 5.84. The van der Waals surface area contributed by atoms with Crippen LogP contribution in [0.2, 0.25) is 0 Å². The summed E-state index contributed by atoms with van der Waals surface area (Å²) in [6, 6.07) is 24.7. The highest BCUT2D eigenvalue weighted by atomic mass is 32.1. The second-order valence-corrected chi connectivity index (χ2v) is 9.29. The predicted octanol–water partition coefficient (Wildman–Crippen LogP) is 5.72. The number of aromatic nitrogens is 1. The summed E-state index contributed by atoms with van der Waals surface area (Å²) < 4.78 is 23.8. The Hall–Kier alpha value is -3.77. The van der Waals surface area contributed by atoms with Gasteiger partial charge in [-0.15, -0.1) is 0 Å². The molecule has 0 N–H and O–H groups in total. The summed E-state index contributed by atoms with van der Waals surface area (Å²) in [7, 11) is 0. The summed E-state index contributed by atoms with van der Waals surface area (Å²) in [5.74, 6) is 0.406. The van der Waals surface area contributed by atoms with Crippen LogP contribution in [0.5, 0.6) is 5.75 Å². The molecule has 0 amide bonds. The van der Waals surface area contributed by atoms with Gasteiger partial charge < -0.3 is 9.47 Å². The first kappa shape index (κ1) is 24.4. The Labute approximate surface area is 208 Å². The number of benzene rings is 3. The number of carbonyl (C=O) groups excluding carboxylic acids is 1. The van der Waals surface area contributed by atoms with Gasteiger partial charge in [-0.3, -0.25) is 0 Å². The minimum atomic E-state index is -0.423. The van der Waals surface area contributed by atoms with Crippen LogP contribution in [-0.2, 0) is 22.6 Å². The second-order valence-electron chi connectivity index (χ2n) is 8.71. The van der Waals surface area contributed by atoms with E-state index >= 15 is 0 Å². The summed E-state index contributed by atoms with van der Waals surface area (Å²) in [6.45, 7) is 6.43. The van der Waals surface area contributed by atoms with E-state index in [0.717, 1.165) is 22.2 Å². The quantitative estimate of drug-likeness (QED) is 0.182. The molecule has 1 heterocycles. The molecule has 0 fully saturated rings. The van der Waals surface area contributed by atoms with Gasteiger partial charge in [0, 0.05) is 10.9 Å². The molecule has 0 spiro atoms. The van der Waals surface area contributed by atoms with Gasteiger partial charge in [0.15, 0.2) is 0 Å². The fourth-order valence-electron chi connectivity index (χ4n) is 3.76. The van der Waals surface area contributed by atoms with E-state index in [1.54, 1.807) is 6.07 Å². The normalized spacial score (nSPS) is 10.9. The number of aryl methyl sites for hydroxylation is 1. The lowest BCUT2D eigenvalue weighted by molar-refractivity contribution is 0.0458. The number of hydrogen-bond donors (Lipinski definition) is 0. The summed E-state index contributed by atoms with van der Waals surface area (Å²) >= 11 is 0.356. The van der Waals surface area contributed by atoms with Gasteiger partial charge in [0.05, 0.1) is 39.5 Å². The highest BCUT2D eigenvalue weighted by Crippen LogP contribution is 2.23. The van der Waals surface area contributed by atoms with Crippen molar-refractivity contribution in [1.82, 2.24) is 4.98 Å². The zero-order valence-corrected chi connectivity index (χ0v) is 20.8. The number of fused-ring (bicyclic) bond motifs is 1. The van der Waals surface area contributed by atoms with Gasteiger partial charge in [0.1, 0.15) is 12.4 Å². The fourth-order valence-corrected chi connectivity index (χ4v) is 4.25. The third-order valence-electron chi connectivity index (χ3n) is 5.49. The average Bonchev–Trinajstić information content (AvgIpc) is 2.87. The summed E-state index contributed by atoms with van der Waals surface area (Å²) in [6.07, 6.45) is 0. The summed E-state index contributed by atoms with van der Waals surface area (Å²) in [5.41, 5.74) is 4.14. The van der Waals surface area contributed by atoms with Crippen LogP contribution in [0.15, 0.2) is 78.9 Å². The van der Waals surface area contributed by atoms with Crippen LogP contribution in [-0.4, -0.2) is 26.6 Å². The smallest absolute Gasteiger partial charge is 0.339 e. The van der Waals surface area contributed by atoms with Crippen LogP contribution < -0.4 is 4.74 Å². The third-order valence-corrected chi connectivity index (χ3v) is 6.11. The first-order valence-electron chi connectivity index (χ1n) is 11.5. The first-order valence-corrected chi connectivity index (χ1v) is 12.2. The topological polar surface area (TPSA) is 65.5 Å². The van der Waals surface area contributed by atoms with Crippen LogP contribution >= 0.6 is 0 Å². The molecule has 0 aliphatic carbocycles. The molecule has 3 aromatic carbocycles. The number of hydrogen-bond acceptors (Lipinski definition) is 5. The molecule has 0 saturated carbocycles. The Morgan fingerprint density at radius 1 is 0.971 bits per heavy atom. The number of ether oxygens (including phenoxy) is 2. The highest BCUT2D eigenvalue weighted by Gasteiger charge is 2.21. The zero-order chi connectivity index (χ0) is 24.8. The largest absolute Gasteiger partial charge is 0.487 e. The molecule has 1 aromatic heterocycles. The minimum Gasteiger partial charge on any atom is -0.487 e. The lowest BCUT2D eigenvalue weighted by Crippen LogP contribution is -2.17. The van der Waals surface area contributed by atoms with E-state index in [4.69, 9.17) is 9.47 Å². The van der Waals surface area contributed by atoms with Crippen LogP contribution in [0, 0.1) is 12.8 Å². The Balaban J connectivity index is 1.59. The van der Waals surface area contributed by atoms with Gasteiger partial charge in [-0.2, -0.15) is 0 Å². The van der Waals surface area contributed by atoms with Crippen molar-refractivity contribution < 1.29 is 18.5 Å². The van der Waals surface area contributed by atoms with E-state index in [0.29, 0.717) is 51.8 Å². The number of pyridine rings is 1. The van der Waals surface area contributed by atoms with Crippen LogP contribution in [0.1, 0.15) is 46.6 Å². The molecule has 35 heavy (non-hydrogen) atoms. The second kappa shape index (κ2) is 11.1. The molecule has 5 nitrogen and oxygen atoms in total. The maximum absolute atomic E-state index is 12.9. The Kier molecular flexibility index (Phi) is 7.73. The Morgan fingerprint density at radius 2 is 1.77 bits per heavy atom. The van der Waals surface area contributed by atoms with Crippen molar-refractivity contribution in [2.75, 3.05) is 6.61 Å². The molecular formula is C29H27NO4S.